The Morgan fingerprint density at radius 2 is 2.19 bits per heavy atom. The summed E-state index contributed by atoms with van der Waals surface area (Å²) in [5.74, 6) is 1.27. The highest BCUT2D eigenvalue weighted by molar-refractivity contribution is 9.10. The summed E-state index contributed by atoms with van der Waals surface area (Å²) in [7, 11) is 0. The van der Waals surface area contributed by atoms with Gasteiger partial charge in [0.2, 0.25) is 0 Å². The van der Waals surface area contributed by atoms with Crippen LogP contribution in [0.15, 0.2) is 16.6 Å². The van der Waals surface area contributed by atoms with E-state index < -0.39 is 5.72 Å². The van der Waals surface area contributed by atoms with Gasteiger partial charge in [0.25, 0.3) is 0 Å². The van der Waals surface area contributed by atoms with Crippen LogP contribution in [0.3, 0.4) is 0 Å². The smallest absolute Gasteiger partial charge is 0.187 e. The van der Waals surface area contributed by atoms with E-state index in [1.165, 1.54) is 12.8 Å². The number of thiocarbonyl (C=S) groups is 1. The first-order chi connectivity index (χ1) is 9.91. The number of phenols is 1. The molecule has 1 saturated heterocycles. The fourth-order valence-corrected chi connectivity index (χ4v) is 4.55. The number of phenolic OH excluding ortho intramolecular Hbond substituents is 1. The minimum atomic E-state index is -0.444. The molecule has 112 valence electrons. The number of ether oxygens (including phenoxy) is 1. The van der Waals surface area contributed by atoms with Crippen molar-refractivity contribution in [2.75, 3.05) is 0 Å². The predicted octanol–water partition coefficient (Wildman–Crippen LogP) is 3.29. The number of halogens is 1. The molecule has 3 unspecified atom stereocenters. The van der Waals surface area contributed by atoms with Crippen molar-refractivity contribution >= 4 is 33.3 Å². The van der Waals surface area contributed by atoms with E-state index in [1.54, 1.807) is 12.1 Å². The van der Waals surface area contributed by atoms with Crippen molar-refractivity contribution in [3.63, 3.8) is 0 Å². The normalized spacial score (nSPS) is 34.0. The van der Waals surface area contributed by atoms with Crippen LogP contribution in [0.2, 0.25) is 0 Å². The molecule has 0 radical (unpaired) electrons. The van der Waals surface area contributed by atoms with E-state index in [1.807, 2.05) is 0 Å². The molecule has 6 heteroatoms. The van der Waals surface area contributed by atoms with Crippen molar-refractivity contribution in [1.82, 2.24) is 10.2 Å². The molecule has 0 amide bonds. The lowest BCUT2D eigenvalue weighted by Gasteiger charge is -2.56. The molecule has 4 rings (SSSR count). The average Bonchev–Trinajstić information content (AvgIpc) is 3.20. The Labute approximate surface area is 137 Å². The topological polar surface area (TPSA) is 44.7 Å². The molecule has 2 bridgehead atoms. The molecule has 4 nitrogen and oxygen atoms in total. The van der Waals surface area contributed by atoms with Gasteiger partial charge in [-0.1, -0.05) is 6.92 Å². The Balaban J connectivity index is 1.88. The first-order valence-corrected chi connectivity index (χ1v) is 8.43. The Kier molecular flexibility index (Phi) is 2.77. The molecular weight excluding hydrogens is 352 g/mol. The number of hydrogen-bond acceptors (Lipinski definition) is 3. The van der Waals surface area contributed by atoms with Crippen molar-refractivity contribution < 1.29 is 9.84 Å². The fraction of sp³-hybridized carbons (Fsp3) is 0.533. The second kappa shape index (κ2) is 4.26. The van der Waals surface area contributed by atoms with Crippen molar-refractivity contribution in [3.05, 3.63) is 22.2 Å². The van der Waals surface area contributed by atoms with Crippen LogP contribution < -0.4 is 10.1 Å². The molecule has 1 aromatic carbocycles. The van der Waals surface area contributed by atoms with Gasteiger partial charge in [-0.2, -0.15) is 0 Å². The van der Waals surface area contributed by atoms with Crippen LogP contribution in [0.5, 0.6) is 11.5 Å². The Morgan fingerprint density at radius 3 is 2.86 bits per heavy atom. The van der Waals surface area contributed by atoms with Gasteiger partial charge >= 0.3 is 0 Å². The summed E-state index contributed by atoms with van der Waals surface area (Å²) in [6, 6.07) is 3.98. The lowest BCUT2D eigenvalue weighted by molar-refractivity contribution is -0.114. The molecular formula is C15H17BrN2O2S. The molecule has 2 fully saturated rings. The Hall–Kier alpha value is -1.01. The second-order valence-electron chi connectivity index (χ2n) is 6.32. The zero-order chi connectivity index (χ0) is 14.9. The van der Waals surface area contributed by atoms with Crippen LogP contribution in [-0.4, -0.2) is 26.9 Å². The number of rotatable bonds is 1. The third-order valence-corrected chi connectivity index (χ3v) is 5.84. The van der Waals surface area contributed by atoms with Crippen LogP contribution >= 0.6 is 28.1 Å². The monoisotopic (exact) mass is 368 g/mol. The van der Waals surface area contributed by atoms with Gasteiger partial charge in [-0.3, -0.25) is 0 Å². The van der Waals surface area contributed by atoms with Crippen LogP contribution in [0, 0.1) is 5.92 Å². The van der Waals surface area contributed by atoms with Gasteiger partial charge < -0.3 is 20.1 Å². The molecule has 2 heterocycles. The average molecular weight is 369 g/mol. The number of aromatic hydroxyl groups is 1. The molecule has 1 aromatic rings. The predicted molar refractivity (Wildman–Crippen MR) is 87.3 cm³/mol. The molecule has 2 N–H and O–H groups in total. The van der Waals surface area contributed by atoms with Gasteiger partial charge in [-0.15, -0.1) is 0 Å². The van der Waals surface area contributed by atoms with Crippen LogP contribution in [-0.2, 0) is 0 Å². The van der Waals surface area contributed by atoms with E-state index in [0.717, 1.165) is 20.9 Å². The number of hydrogen-bond donors (Lipinski definition) is 2. The van der Waals surface area contributed by atoms with Gasteiger partial charge in [0, 0.05) is 17.5 Å². The van der Waals surface area contributed by atoms with Gasteiger partial charge in [0.05, 0.1) is 10.5 Å². The zero-order valence-corrected chi connectivity index (χ0v) is 14.3. The minimum Gasteiger partial charge on any atom is -0.508 e. The van der Waals surface area contributed by atoms with Crippen LogP contribution in [0.1, 0.15) is 38.3 Å². The highest BCUT2D eigenvalue weighted by Crippen LogP contribution is 2.53. The Bertz CT molecular complexity index is 649. The highest BCUT2D eigenvalue weighted by Gasteiger charge is 2.57. The number of nitrogens with one attached hydrogen (secondary N) is 1. The van der Waals surface area contributed by atoms with Crippen LogP contribution in [0.25, 0.3) is 0 Å². The summed E-state index contributed by atoms with van der Waals surface area (Å²) >= 11 is 9.09. The standard InChI is InChI=1S/C15H17BrN2O2S/c1-7-12-10-5-9(19)6-11(16)13(10)20-15(7,2)18(8-3-4-8)14(21)17-12/h5-8,12,19H,3-4H2,1-2H3,(H,17,21). The van der Waals surface area contributed by atoms with E-state index in [4.69, 9.17) is 17.0 Å². The van der Waals surface area contributed by atoms with Crippen molar-refractivity contribution in [2.24, 2.45) is 5.92 Å². The Morgan fingerprint density at radius 1 is 1.48 bits per heavy atom. The molecule has 1 aliphatic carbocycles. The van der Waals surface area contributed by atoms with E-state index in [-0.39, 0.29) is 17.7 Å². The van der Waals surface area contributed by atoms with Gasteiger partial charge in [0.1, 0.15) is 11.5 Å². The van der Waals surface area contributed by atoms with E-state index in [2.05, 4.69) is 40.0 Å². The summed E-state index contributed by atoms with van der Waals surface area (Å²) in [4.78, 5) is 2.23. The summed E-state index contributed by atoms with van der Waals surface area (Å²) in [5.41, 5.74) is 0.519. The maximum Gasteiger partial charge on any atom is 0.187 e. The summed E-state index contributed by atoms with van der Waals surface area (Å²) in [6.07, 6.45) is 2.34. The maximum atomic E-state index is 9.88. The number of fused-ring (bicyclic) bond motifs is 4. The van der Waals surface area contributed by atoms with E-state index in [9.17, 15) is 5.11 Å². The van der Waals surface area contributed by atoms with Gasteiger partial charge in [0.15, 0.2) is 10.8 Å². The lowest BCUT2D eigenvalue weighted by Crippen LogP contribution is -2.69. The second-order valence-corrected chi connectivity index (χ2v) is 7.56. The SMILES string of the molecule is CC1C2NC(=S)N(C3CC3)C1(C)Oc1c(Br)cc(O)cc12. The third-order valence-electron chi connectivity index (χ3n) is 4.93. The third kappa shape index (κ3) is 1.81. The van der Waals surface area contributed by atoms with Gasteiger partial charge in [-0.25, -0.2) is 0 Å². The minimum absolute atomic E-state index is 0.0599. The molecule has 1 saturated carbocycles. The fourth-order valence-electron chi connectivity index (χ4n) is 3.55. The molecule has 2 aliphatic heterocycles. The molecule has 3 atom stereocenters. The van der Waals surface area contributed by atoms with Crippen molar-refractivity contribution in [3.8, 4) is 11.5 Å². The first-order valence-electron chi connectivity index (χ1n) is 7.23. The summed E-state index contributed by atoms with van der Waals surface area (Å²) < 4.78 is 7.20. The number of nitrogens with zero attached hydrogens (tertiary/aromatic N) is 1. The van der Waals surface area contributed by atoms with Crippen molar-refractivity contribution in [2.45, 2.75) is 44.5 Å². The molecule has 3 aliphatic rings. The van der Waals surface area contributed by atoms with Gasteiger partial charge in [-0.05, 0) is 60.0 Å². The van der Waals surface area contributed by atoms with Crippen molar-refractivity contribution in [1.29, 1.82) is 0 Å². The summed E-state index contributed by atoms with van der Waals surface area (Å²) in [6.45, 7) is 4.30. The molecule has 21 heavy (non-hydrogen) atoms. The van der Waals surface area contributed by atoms with E-state index in [0.29, 0.717) is 6.04 Å². The number of benzene rings is 1. The lowest BCUT2D eigenvalue weighted by atomic mass is 9.81. The molecule has 0 spiro atoms. The summed E-state index contributed by atoms with van der Waals surface area (Å²) in [5, 5.41) is 14.1. The maximum absolute atomic E-state index is 9.88. The quantitative estimate of drug-likeness (QED) is 0.744. The van der Waals surface area contributed by atoms with E-state index >= 15 is 0 Å². The highest BCUT2D eigenvalue weighted by atomic mass is 79.9. The zero-order valence-electron chi connectivity index (χ0n) is 11.9. The molecule has 0 aromatic heterocycles. The largest absolute Gasteiger partial charge is 0.508 e. The first kappa shape index (κ1) is 13.6. The van der Waals surface area contributed by atoms with Crippen LogP contribution in [0.4, 0.5) is 0 Å².